The van der Waals surface area contributed by atoms with Gasteiger partial charge in [-0.1, -0.05) is 42.5 Å². The highest BCUT2D eigenvalue weighted by atomic mass is 32.1. The molecule has 0 saturated heterocycles. The summed E-state index contributed by atoms with van der Waals surface area (Å²) in [6.07, 6.45) is 3.12. The van der Waals surface area contributed by atoms with Crippen molar-refractivity contribution in [2.45, 2.75) is 25.2 Å². The van der Waals surface area contributed by atoms with Crippen molar-refractivity contribution < 1.29 is 0 Å². The third-order valence-electron chi connectivity index (χ3n) is 3.82. The molecule has 2 aromatic rings. The third-order valence-corrected chi connectivity index (χ3v) is 4.14. The van der Waals surface area contributed by atoms with Gasteiger partial charge in [0.2, 0.25) is 0 Å². The number of H-pyrrole nitrogens is 1. The molecule has 0 bridgehead atoms. The lowest BCUT2D eigenvalue weighted by molar-refractivity contribution is 0.573. The number of hydrogen-bond acceptors (Lipinski definition) is 2. The summed E-state index contributed by atoms with van der Waals surface area (Å²) in [5.41, 5.74) is 4.41. The Balaban J connectivity index is 1.96. The zero-order chi connectivity index (χ0) is 13.2. The fourth-order valence-electron chi connectivity index (χ4n) is 2.80. The summed E-state index contributed by atoms with van der Waals surface area (Å²) < 4.78 is 0.569. The molecular formula is C16H14N2S. The first-order valence-corrected chi connectivity index (χ1v) is 6.89. The molecule has 94 valence electrons. The van der Waals surface area contributed by atoms with E-state index in [1.165, 1.54) is 16.8 Å². The van der Waals surface area contributed by atoms with Crippen LogP contribution < -0.4 is 0 Å². The van der Waals surface area contributed by atoms with Crippen molar-refractivity contribution in [3.05, 3.63) is 63.4 Å². The molecule has 1 aromatic carbocycles. The number of aryl methyl sites for hydroxylation is 1. The number of aromatic nitrogens is 1. The minimum absolute atomic E-state index is 0.546. The number of hydrogen-bond donors (Lipinski definition) is 1. The number of nitrogens with zero attached hydrogens (tertiary/aromatic N) is 1. The average molecular weight is 266 g/mol. The zero-order valence-corrected chi connectivity index (χ0v) is 11.3. The minimum atomic E-state index is 0.546. The van der Waals surface area contributed by atoms with E-state index in [0.717, 1.165) is 19.3 Å². The van der Waals surface area contributed by atoms with E-state index in [4.69, 9.17) is 17.5 Å². The number of aromatic amines is 1. The van der Waals surface area contributed by atoms with Crippen LogP contribution in [0, 0.1) is 16.0 Å². The fraction of sp³-hybridized carbons (Fsp3) is 0.250. The smallest absolute Gasteiger partial charge is 0.121 e. The van der Waals surface area contributed by atoms with Gasteiger partial charge < -0.3 is 4.98 Å². The first-order valence-electron chi connectivity index (χ1n) is 6.48. The quantitative estimate of drug-likeness (QED) is 0.795. The highest BCUT2D eigenvalue weighted by molar-refractivity contribution is 7.71. The van der Waals surface area contributed by atoms with E-state index < -0.39 is 0 Å². The molecule has 1 aromatic heterocycles. The van der Waals surface area contributed by atoms with Crippen molar-refractivity contribution in [2.24, 2.45) is 0 Å². The van der Waals surface area contributed by atoms with Crippen LogP contribution in [0.3, 0.4) is 0 Å². The predicted octanol–water partition coefficient (Wildman–Crippen LogP) is 3.89. The summed E-state index contributed by atoms with van der Waals surface area (Å²) >= 11 is 5.18. The van der Waals surface area contributed by atoms with Crippen molar-refractivity contribution in [3.63, 3.8) is 0 Å². The highest BCUT2D eigenvalue weighted by Crippen LogP contribution is 2.32. The van der Waals surface area contributed by atoms with Gasteiger partial charge in [0.1, 0.15) is 10.7 Å². The fourth-order valence-corrected chi connectivity index (χ4v) is 3.02. The van der Waals surface area contributed by atoms with Crippen LogP contribution in [0.15, 0.2) is 36.4 Å². The Morgan fingerprint density at radius 2 is 2.05 bits per heavy atom. The van der Waals surface area contributed by atoms with Crippen LogP contribution in [0.4, 0.5) is 0 Å². The second-order valence-electron chi connectivity index (χ2n) is 4.98. The molecule has 0 amide bonds. The maximum absolute atomic E-state index is 9.07. The monoisotopic (exact) mass is 266 g/mol. The van der Waals surface area contributed by atoms with Crippen LogP contribution in [0.25, 0.3) is 0 Å². The number of benzene rings is 1. The number of nitriles is 1. The van der Waals surface area contributed by atoms with Crippen LogP contribution in [0.5, 0.6) is 0 Å². The summed E-state index contributed by atoms with van der Waals surface area (Å²) in [5.74, 6) is 0.546. The molecule has 0 radical (unpaired) electrons. The SMILES string of the molecule is N#Cc1cc2c([nH]c1=S)CC[C@H](c1ccccc1)C2. The second kappa shape index (κ2) is 4.99. The Labute approximate surface area is 117 Å². The topological polar surface area (TPSA) is 39.6 Å². The molecule has 0 spiro atoms. The third kappa shape index (κ3) is 2.32. The molecule has 3 heteroatoms. The lowest BCUT2D eigenvalue weighted by Gasteiger charge is -2.25. The Bertz CT molecular complexity index is 695. The molecule has 0 saturated carbocycles. The maximum atomic E-state index is 9.07. The lowest BCUT2D eigenvalue weighted by atomic mass is 9.82. The summed E-state index contributed by atoms with van der Waals surface area (Å²) in [4.78, 5) is 3.21. The number of nitrogens with one attached hydrogen (secondary N) is 1. The number of rotatable bonds is 1. The molecular weight excluding hydrogens is 252 g/mol. The molecule has 0 aliphatic heterocycles. The molecule has 3 rings (SSSR count). The van der Waals surface area contributed by atoms with Crippen LogP contribution in [0.1, 0.15) is 34.7 Å². The molecule has 19 heavy (non-hydrogen) atoms. The maximum Gasteiger partial charge on any atom is 0.121 e. The highest BCUT2D eigenvalue weighted by Gasteiger charge is 2.21. The van der Waals surface area contributed by atoms with Gasteiger partial charge in [-0.25, -0.2) is 0 Å². The molecule has 1 aliphatic carbocycles. The second-order valence-corrected chi connectivity index (χ2v) is 5.39. The standard InChI is InChI=1S/C16H14N2S/c17-10-14-9-13-8-12(11-4-2-1-3-5-11)6-7-15(13)18-16(14)19/h1-5,9,12H,6-8H2,(H,18,19)/t12-/m0/s1. The Kier molecular flexibility index (Phi) is 3.18. The van der Waals surface area contributed by atoms with Crippen molar-refractivity contribution in [3.8, 4) is 6.07 Å². The van der Waals surface area contributed by atoms with E-state index >= 15 is 0 Å². The summed E-state index contributed by atoms with van der Waals surface area (Å²) in [7, 11) is 0. The van der Waals surface area contributed by atoms with Gasteiger partial charge in [0.25, 0.3) is 0 Å². The molecule has 1 atom stereocenters. The van der Waals surface area contributed by atoms with Crippen molar-refractivity contribution in [2.75, 3.05) is 0 Å². The van der Waals surface area contributed by atoms with E-state index in [0.29, 0.717) is 16.1 Å². The van der Waals surface area contributed by atoms with E-state index in [9.17, 15) is 0 Å². The van der Waals surface area contributed by atoms with E-state index in [1.54, 1.807) is 0 Å². The van der Waals surface area contributed by atoms with Gasteiger partial charge in [0.15, 0.2) is 0 Å². The molecule has 1 heterocycles. The number of pyridine rings is 1. The normalized spacial score (nSPS) is 17.5. The van der Waals surface area contributed by atoms with Gasteiger partial charge in [-0.15, -0.1) is 0 Å². The van der Waals surface area contributed by atoms with Gasteiger partial charge in [0, 0.05) is 5.69 Å². The predicted molar refractivity (Wildman–Crippen MR) is 77.5 cm³/mol. The average Bonchev–Trinajstić information content (AvgIpc) is 2.47. The molecule has 0 unspecified atom stereocenters. The molecule has 1 N–H and O–H groups in total. The minimum Gasteiger partial charge on any atom is -0.349 e. The van der Waals surface area contributed by atoms with Crippen LogP contribution in [-0.2, 0) is 12.8 Å². The van der Waals surface area contributed by atoms with Gasteiger partial charge in [0.05, 0.1) is 5.56 Å². The summed E-state index contributed by atoms with van der Waals surface area (Å²) in [6.45, 7) is 0. The van der Waals surface area contributed by atoms with Crippen LogP contribution in [-0.4, -0.2) is 4.98 Å². The summed E-state index contributed by atoms with van der Waals surface area (Å²) in [5, 5.41) is 9.07. The van der Waals surface area contributed by atoms with E-state index in [2.05, 4.69) is 35.3 Å². The number of fused-ring (bicyclic) bond motifs is 1. The Morgan fingerprint density at radius 1 is 1.26 bits per heavy atom. The van der Waals surface area contributed by atoms with Crippen LogP contribution in [0.2, 0.25) is 0 Å². The van der Waals surface area contributed by atoms with Crippen molar-refractivity contribution in [1.29, 1.82) is 5.26 Å². The van der Waals surface area contributed by atoms with Gasteiger partial charge in [-0.05, 0) is 42.4 Å². The van der Waals surface area contributed by atoms with E-state index in [-0.39, 0.29) is 0 Å². The van der Waals surface area contributed by atoms with Crippen LogP contribution >= 0.6 is 12.2 Å². The first-order chi connectivity index (χ1) is 9.28. The zero-order valence-electron chi connectivity index (χ0n) is 10.5. The van der Waals surface area contributed by atoms with Gasteiger partial charge >= 0.3 is 0 Å². The Morgan fingerprint density at radius 3 is 2.79 bits per heavy atom. The summed E-state index contributed by atoms with van der Waals surface area (Å²) in [6, 6.07) is 14.7. The van der Waals surface area contributed by atoms with Crippen molar-refractivity contribution in [1.82, 2.24) is 4.98 Å². The Hall–Kier alpha value is -1.92. The molecule has 0 fully saturated rings. The molecule has 1 aliphatic rings. The molecule has 2 nitrogen and oxygen atoms in total. The van der Waals surface area contributed by atoms with Crippen molar-refractivity contribution >= 4 is 12.2 Å². The lowest BCUT2D eigenvalue weighted by Crippen LogP contribution is -2.14. The van der Waals surface area contributed by atoms with E-state index in [1.807, 2.05) is 12.1 Å². The van der Waals surface area contributed by atoms with Gasteiger partial charge in [-0.2, -0.15) is 5.26 Å². The largest absolute Gasteiger partial charge is 0.349 e. The first kappa shape index (κ1) is 12.1. The van der Waals surface area contributed by atoms with Gasteiger partial charge in [-0.3, -0.25) is 0 Å².